The first-order valence-corrected chi connectivity index (χ1v) is 7.57. The molecule has 1 fully saturated rings. The smallest absolute Gasteiger partial charge is 0.210 e. The molecule has 0 spiro atoms. The van der Waals surface area contributed by atoms with Crippen molar-refractivity contribution in [2.24, 2.45) is 5.92 Å². The Morgan fingerprint density at radius 2 is 1.50 bits per heavy atom. The van der Waals surface area contributed by atoms with E-state index in [9.17, 15) is 9.59 Å². The van der Waals surface area contributed by atoms with E-state index in [1.165, 1.54) is 0 Å². The van der Waals surface area contributed by atoms with Gasteiger partial charge in [-0.1, -0.05) is 67.6 Å². The van der Waals surface area contributed by atoms with Crippen LogP contribution in [-0.4, -0.2) is 17.1 Å². The lowest BCUT2D eigenvalue weighted by Crippen LogP contribution is -2.43. The molecule has 0 aromatic heterocycles. The van der Waals surface area contributed by atoms with Gasteiger partial charge >= 0.3 is 0 Å². The van der Waals surface area contributed by atoms with Gasteiger partial charge in [0.05, 0.1) is 12.1 Å². The second-order valence-corrected chi connectivity index (χ2v) is 5.79. The number of nitrogens with zero attached hydrogens (tertiary/aromatic N) is 1. The number of likely N-dealkylation sites (tertiary alicyclic amines) is 1. The molecule has 1 saturated heterocycles. The van der Waals surface area contributed by atoms with Crippen molar-refractivity contribution in [3.8, 4) is 0 Å². The molecule has 22 heavy (non-hydrogen) atoms. The van der Waals surface area contributed by atoms with Crippen molar-refractivity contribution in [1.82, 2.24) is 4.90 Å². The van der Waals surface area contributed by atoms with Crippen LogP contribution in [0.5, 0.6) is 0 Å². The van der Waals surface area contributed by atoms with Gasteiger partial charge in [0.2, 0.25) is 6.41 Å². The minimum atomic E-state index is -0.204. The fraction of sp³-hybridized carbons (Fsp3) is 0.263. The van der Waals surface area contributed by atoms with Crippen molar-refractivity contribution in [2.75, 3.05) is 0 Å². The lowest BCUT2D eigenvalue weighted by atomic mass is 9.80. The third kappa shape index (κ3) is 2.54. The third-order valence-corrected chi connectivity index (χ3v) is 4.50. The van der Waals surface area contributed by atoms with Crippen molar-refractivity contribution in [1.29, 1.82) is 0 Å². The van der Waals surface area contributed by atoms with Gasteiger partial charge in [0, 0.05) is 12.3 Å². The number of benzene rings is 2. The van der Waals surface area contributed by atoms with Gasteiger partial charge in [-0.05, 0) is 11.1 Å². The zero-order chi connectivity index (χ0) is 15.5. The first-order valence-electron chi connectivity index (χ1n) is 7.57. The van der Waals surface area contributed by atoms with E-state index in [0.29, 0.717) is 6.42 Å². The summed E-state index contributed by atoms with van der Waals surface area (Å²) in [7, 11) is 0. The van der Waals surface area contributed by atoms with E-state index >= 15 is 0 Å². The SMILES string of the molecule is C[C@H]1C(=O)C[C@H](c2ccccc2)N(C=O)[C@@H]1c1ccccc1. The fourth-order valence-corrected chi connectivity index (χ4v) is 3.33. The van der Waals surface area contributed by atoms with Gasteiger partial charge in [-0.2, -0.15) is 0 Å². The molecule has 1 aliphatic rings. The van der Waals surface area contributed by atoms with Crippen molar-refractivity contribution in [2.45, 2.75) is 25.4 Å². The average Bonchev–Trinajstić information content (AvgIpc) is 2.58. The lowest BCUT2D eigenvalue weighted by Gasteiger charge is -2.43. The zero-order valence-electron chi connectivity index (χ0n) is 12.6. The minimum absolute atomic E-state index is 0.187. The van der Waals surface area contributed by atoms with Crippen molar-refractivity contribution >= 4 is 12.2 Å². The Labute approximate surface area is 130 Å². The maximum absolute atomic E-state index is 12.5. The predicted molar refractivity (Wildman–Crippen MR) is 85.1 cm³/mol. The van der Waals surface area contributed by atoms with E-state index < -0.39 is 0 Å². The number of hydrogen-bond acceptors (Lipinski definition) is 2. The summed E-state index contributed by atoms with van der Waals surface area (Å²) < 4.78 is 0. The Morgan fingerprint density at radius 3 is 2.05 bits per heavy atom. The van der Waals surface area contributed by atoms with E-state index in [0.717, 1.165) is 17.5 Å². The van der Waals surface area contributed by atoms with Crippen LogP contribution in [0.2, 0.25) is 0 Å². The molecule has 3 nitrogen and oxygen atoms in total. The van der Waals surface area contributed by atoms with Gasteiger partial charge in [-0.15, -0.1) is 0 Å². The number of carbonyl (C=O) groups is 2. The highest BCUT2D eigenvalue weighted by molar-refractivity contribution is 5.84. The van der Waals surface area contributed by atoms with Gasteiger partial charge in [-0.3, -0.25) is 9.59 Å². The van der Waals surface area contributed by atoms with Crippen LogP contribution in [0.3, 0.4) is 0 Å². The molecule has 0 N–H and O–H groups in total. The van der Waals surface area contributed by atoms with Crippen LogP contribution in [0.4, 0.5) is 0 Å². The molecule has 112 valence electrons. The van der Waals surface area contributed by atoms with E-state index in [4.69, 9.17) is 0 Å². The predicted octanol–water partition coefficient (Wildman–Crippen LogP) is 3.54. The molecular weight excluding hydrogens is 274 g/mol. The molecule has 1 aliphatic heterocycles. The highest BCUT2D eigenvalue weighted by Crippen LogP contribution is 2.41. The number of Topliss-reactive ketones (excluding diaryl/α,β-unsaturated/α-hetero) is 1. The monoisotopic (exact) mass is 293 g/mol. The number of rotatable bonds is 3. The molecule has 0 saturated carbocycles. The maximum Gasteiger partial charge on any atom is 0.210 e. The van der Waals surface area contributed by atoms with Crippen LogP contribution in [0.15, 0.2) is 60.7 Å². The first-order chi connectivity index (χ1) is 10.7. The van der Waals surface area contributed by atoms with Gasteiger partial charge in [0.25, 0.3) is 0 Å². The second-order valence-electron chi connectivity index (χ2n) is 5.79. The Bertz CT molecular complexity index is 654. The van der Waals surface area contributed by atoms with Crippen LogP contribution >= 0.6 is 0 Å². The molecular formula is C19H19NO2. The summed E-state index contributed by atoms with van der Waals surface area (Å²) in [5.41, 5.74) is 2.02. The van der Waals surface area contributed by atoms with Crippen LogP contribution in [0.25, 0.3) is 0 Å². The number of piperidine rings is 1. The Balaban J connectivity index is 2.03. The van der Waals surface area contributed by atoms with E-state index in [-0.39, 0.29) is 23.8 Å². The Kier molecular flexibility index (Phi) is 4.05. The number of carbonyl (C=O) groups excluding carboxylic acids is 2. The number of ketones is 1. The standard InChI is InChI=1S/C19H19NO2/c1-14-18(22)12-17(15-8-4-2-5-9-15)20(13-21)19(14)16-10-6-3-7-11-16/h2-11,13-14,17,19H,12H2,1H3/t14-,17+,19-/m0/s1. The summed E-state index contributed by atoms with van der Waals surface area (Å²) in [5.74, 6) is 0.0216. The van der Waals surface area contributed by atoms with Gasteiger partial charge in [0.1, 0.15) is 5.78 Å². The number of hydrogen-bond donors (Lipinski definition) is 0. The molecule has 1 amide bonds. The molecule has 3 atom stereocenters. The minimum Gasteiger partial charge on any atom is -0.330 e. The zero-order valence-corrected chi connectivity index (χ0v) is 12.6. The molecule has 2 aromatic rings. The molecule has 2 aromatic carbocycles. The van der Waals surface area contributed by atoms with Gasteiger partial charge < -0.3 is 4.90 Å². The molecule has 1 heterocycles. The van der Waals surface area contributed by atoms with E-state index in [2.05, 4.69) is 0 Å². The van der Waals surface area contributed by atoms with Crippen LogP contribution < -0.4 is 0 Å². The van der Waals surface area contributed by atoms with E-state index in [1.807, 2.05) is 67.6 Å². The highest BCUT2D eigenvalue weighted by atomic mass is 16.1. The highest BCUT2D eigenvalue weighted by Gasteiger charge is 2.40. The normalized spacial score (nSPS) is 25.0. The second kappa shape index (κ2) is 6.14. The van der Waals surface area contributed by atoms with Crippen LogP contribution in [0.1, 0.15) is 36.6 Å². The van der Waals surface area contributed by atoms with Crippen molar-refractivity contribution in [3.05, 3.63) is 71.8 Å². The van der Waals surface area contributed by atoms with Crippen molar-refractivity contribution in [3.63, 3.8) is 0 Å². The van der Waals surface area contributed by atoms with Gasteiger partial charge in [-0.25, -0.2) is 0 Å². The van der Waals surface area contributed by atoms with Crippen molar-refractivity contribution < 1.29 is 9.59 Å². The Morgan fingerprint density at radius 1 is 0.955 bits per heavy atom. The topological polar surface area (TPSA) is 37.4 Å². The molecule has 0 bridgehead atoms. The summed E-state index contributed by atoms with van der Waals surface area (Å²) in [5, 5.41) is 0. The molecule has 3 rings (SSSR count). The fourth-order valence-electron chi connectivity index (χ4n) is 3.33. The van der Waals surface area contributed by atoms with Gasteiger partial charge in [0.15, 0.2) is 0 Å². The largest absolute Gasteiger partial charge is 0.330 e. The molecule has 0 unspecified atom stereocenters. The van der Waals surface area contributed by atoms with Crippen LogP contribution in [-0.2, 0) is 9.59 Å². The summed E-state index contributed by atoms with van der Waals surface area (Å²) in [6.07, 6.45) is 1.27. The summed E-state index contributed by atoms with van der Waals surface area (Å²) in [4.78, 5) is 26.1. The van der Waals surface area contributed by atoms with Crippen LogP contribution in [0, 0.1) is 5.92 Å². The molecule has 0 aliphatic carbocycles. The van der Waals surface area contributed by atoms with E-state index in [1.54, 1.807) is 4.90 Å². The summed E-state index contributed by atoms with van der Waals surface area (Å²) in [6, 6.07) is 19.2. The quantitative estimate of drug-likeness (QED) is 0.812. The average molecular weight is 293 g/mol. The number of amides is 1. The third-order valence-electron chi connectivity index (χ3n) is 4.50. The molecule has 3 heteroatoms. The Hall–Kier alpha value is -2.42. The summed E-state index contributed by atoms with van der Waals surface area (Å²) >= 11 is 0. The first kappa shape index (κ1) is 14.5. The lowest BCUT2D eigenvalue weighted by molar-refractivity contribution is -0.138. The maximum atomic E-state index is 12.5. The molecule has 0 radical (unpaired) electrons. The summed E-state index contributed by atoms with van der Waals surface area (Å²) in [6.45, 7) is 1.91.